The Balaban J connectivity index is 1.05. The van der Waals surface area contributed by atoms with Crippen LogP contribution in [0.5, 0.6) is 0 Å². The summed E-state index contributed by atoms with van der Waals surface area (Å²) in [7, 11) is 0. The summed E-state index contributed by atoms with van der Waals surface area (Å²) in [6, 6.07) is 90.0. The molecule has 0 radical (unpaired) electrons. The van der Waals surface area contributed by atoms with E-state index in [9.17, 15) is 0 Å². The molecule has 0 saturated carbocycles. The molecule has 0 unspecified atom stereocenters. The van der Waals surface area contributed by atoms with Gasteiger partial charge in [0.25, 0.3) is 0 Å². The summed E-state index contributed by atoms with van der Waals surface area (Å²) in [4.78, 5) is 4.79. The molecule has 0 saturated heterocycles. The first kappa shape index (κ1) is 37.6. The highest BCUT2D eigenvalue weighted by Gasteiger charge is 2.23. The Morgan fingerprint density at radius 1 is 0.297 bits per heavy atom. The highest BCUT2D eigenvalue weighted by molar-refractivity contribution is 7.26. The van der Waals surface area contributed by atoms with Gasteiger partial charge in [-0.15, -0.1) is 11.3 Å². The largest absolute Gasteiger partial charge is 0.310 e. The van der Waals surface area contributed by atoms with Gasteiger partial charge in [-0.2, -0.15) is 0 Å². The molecule has 0 fully saturated rings. The van der Waals surface area contributed by atoms with Crippen molar-refractivity contribution in [1.82, 2.24) is 4.57 Å². The number of thiophene rings is 1. The number of anilines is 6. The van der Waals surface area contributed by atoms with Crippen LogP contribution < -0.4 is 9.80 Å². The van der Waals surface area contributed by atoms with E-state index in [0.29, 0.717) is 0 Å². The quantitative estimate of drug-likeness (QED) is 0.143. The Labute approximate surface area is 376 Å². The van der Waals surface area contributed by atoms with Gasteiger partial charge in [0, 0.05) is 65.1 Å². The zero-order valence-corrected chi connectivity index (χ0v) is 35.7. The van der Waals surface area contributed by atoms with Gasteiger partial charge in [-0.3, -0.25) is 0 Å². The van der Waals surface area contributed by atoms with Crippen molar-refractivity contribution >= 4 is 87.4 Å². The molecule has 302 valence electrons. The monoisotopic (exact) mass is 835 g/mol. The van der Waals surface area contributed by atoms with Crippen LogP contribution in [0.3, 0.4) is 0 Å². The second-order valence-corrected chi connectivity index (χ2v) is 17.2. The standard InChI is InChI=1S/C60H41N3S/c1-6-18-42(19-7-1)43-30-34-50(35-31-43)63-55-29-17-16-28-52(55)53-36-32-44(38-56(53)63)45-33-37-54-58(39-45)64-59-41-51(61(46-20-8-2-9-21-46)47-22-10-3-11-23-47)40-57(60(54)59)62(48-24-12-4-13-25-48)49-26-14-5-15-27-49/h1-41H. The first-order valence-corrected chi connectivity index (χ1v) is 22.6. The molecule has 0 aliphatic heterocycles. The second-order valence-electron chi connectivity index (χ2n) is 16.2. The fourth-order valence-corrected chi connectivity index (χ4v) is 10.6. The minimum absolute atomic E-state index is 1.10. The third kappa shape index (κ3) is 6.60. The Kier molecular flexibility index (Phi) is 9.36. The summed E-state index contributed by atoms with van der Waals surface area (Å²) in [5.41, 5.74) is 15.0. The Bertz CT molecular complexity index is 3500. The first-order valence-electron chi connectivity index (χ1n) is 21.8. The maximum atomic E-state index is 2.42. The van der Waals surface area contributed by atoms with Crippen molar-refractivity contribution < 1.29 is 0 Å². The molecule has 3 nitrogen and oxygen atoms in total. The number of nitrogens with zero attached hydrogens (tertiary/aromatic N) is 3. The summed E-state index contributed by atoms with van der Waals surface area (Å²) in [6.45, 7) is 0. The van der Waals surface area contributed by atoms with Crippen molar-refractivity contribution in [2.24, 2.45) is 0 Å². The lowest BCUT2D eigenvalue weighted by Crippen LogP contribution is -2.13. The molecule has 2 aromatic heterocycles. The van der Waals surface area contributed by atoms with Gasteiger partial charge in [-0.25, -0.2) is 0 Å². The second kappa shape index (κ2) is 15.9. The molecule has 10 aromatic carbocycles. The number of hydrogen-bond acceptors (Lipinski definition) is 3. The van der Waals surface area contributed by atoms with E-state index in [1.807, 2.05) is 11.3 Å². The van der Waals surface area contributed by atoms with Crippen molar-refractivity contribution in [3.63, 3.8) is 0 Å². The van der Waals surface area contributed by atoms with Crippen molar-refractivity contribution in [3.05, 3.63) is 249 Å². The minimum atomic E-state index is 1.10. The number of rotatable bonds is 9. The highest BCUT2D eigenvalue weighted by atomic mass is 32.1. The lowest BCUT2D eigenvalue weighted by Gasteiger charge is -2.30. The van der Waals surface area contributed by atoms with Crippen molar-refractivity contribution in [2.75, 3.05) is 9.80 Å². The smallest absolute Gasteiger partial charge is 0.0575 e. The van der Waals surface area contributed by atoms with Gasteiger partial charge >= 0.3 is 0 Å². The van der Waals surface area contributed by atoms with Crippen molar-refractivity contribution in [3.8, 4) is 27.9 Å². The third-order valence-electron chi connectivity index (χ3n) is 12.3. The van der Waals surface area contributed by atoms with Gasteiger partial charge in [-0.05, 0) is 113 Å². The maximum Gasteiger partial charge on any atom is 0.0575 e. The normalized spacial score (nSPS) is 11.4. The fourth-order valence-electron chi connectivity index (χ4n) is 9.40. The molecule has 0 atom stereocenters. The van der Waals surface area contributed by atoms with E-state index < -0.39 is 0 Å². The Hall–Kier alpha value is -8.18. The summed E-state index contributed by atoms with van der Waals surface area (Å²) >= 11 is 1.86. The van der Waals surface area contributed by atoms with E-state index in [4.69, 9.17) is 0 Å². The predicted octanol–water partition coefficient (Wildman–Crippen LogP) is 17.4. The van der Waals surface area contributed by atoms with Crippen LogP contribution in [0.1, 0.15) is 0 Å². The molecule has 0 aliphatic carbocycles. The molecule has 64 heavy (non-hydrogen) atoms. The third-order valence-corrected chi connectivity index (χ3v) is 13.4. The molecule has 0 N–H and O–H groups in total. The predicted molar refractivity (Wildman–Crippen MR) is 274 cm³/mol. The van der Waals surface area contributed by atoms with Crippen LogP contribution in [0, 0.1) is 0 Å². The zero-order chi connectivity index (χ0) is 42.4. The van der Waals surface area contributed by atoms with Crippen LogP contribution in [0.15, 0.2) is 249 Å². The Morgan fingerprint density at radius 2 is 0.766 bits per heavy atom. The lowest BCUT2D eigenvalue weighted by molar-refractivity contribution is 1.18. The maximum absolute atomic E-state index is 2.42. The van der Waals surface area contributed by atoms with Gasteiger partial charge in [0.05, 0.1) is 16.7 Å². The number of benzene rings is 10. The van der Waals surface area contributed by atoms with Crippen LogP contribution in [-0.4, -0.2) is 4.57 Å². The summed E-state index contributed by atoms with van der Waals surface area (Å²) in [5.74, 6) is 0. The van der Waals surface area contributed by atoms with Gasteiger partial charge in [0.1, 0.15) is 0 Å². The molecule has 12 aromatic rings. The molecule has 0 aliphatic rings. The molecule has 0 spiro atoms. The van der Waals surface area contributed by atoms with Crippen LogP contribution in [0.2, 0.25) is 0 Å². The molecule has 0 amide bonds. The lowest BCUT2D eigenvalue weighted by atomic mass is 10.0. The van der Waals surface area contributed by atoms with Gasteiger partial charge in [-0.1, -0.05) is 158 Å². The van der Waals surface area contributed by atoms with E-state index in [2.05, 4.69) is 263 Å². The minimum Gasteiger partial charge on any atom is -0.310 e. The van der Waals surface area contributed by atoms with E-state index in [1.165, 1.54) is 64.2 Å². The molecule has 2 heterocycles. The van der Waals surface area contributed by atoms with Crippen molar-refractivity contribution in [2.45, 2.75) is 0 Å². The van der Waals surface area contributed by atoms with E-state index in [1.54, 1.807) is 0 Å². The summed E-state index contributed by atoms with van der Waals surface area (Å²) < 4.78 is 4.89. The fraction of sp³-hybridized carbons (Fsp3) is 0. The van der Waals surface area contributed by atoms with E-state index >= 15 is 0 Å². The van der Waals surface area contributed by atoms with Gasteiger partial charge in [0.2, 0.25) is 0 Å². The van der Waals surface area contributed by atoms with Crippen LogP contribution in [0.4, 0.5) is 34.1 Å². The average Bonchev–Trinajstić information content (AvgIpc) is 3.91. The topological polar surface area (TPSA) is 11.4 Å². The highest BCUT2D eigenvalue weighted by Crippen LogP contribution is 2.49. The molecule has 0 bridgehead atoms. The van der Waals surface area contributed by atoms with Crippen LogP contribution in [-0.2, 0) is 0 Å². The first-order chi connectivity index (χ1) is 31.7. The van der Waals surface area contributed by atoms with E-state index in [0.717, 1.165) is 39.8 Å². The number of para-hydroxylation sites is 5. The molecule has 12 rings (SSSR count). The number of hydrogen-bond donors (Lipinski definition) is 0. The average molecular weight is 836 g/mol. The zero-order valence-electron chi connectivity index (χ0n) is 34.9. The van der Waals surface area contributed by atoms with Gasteiger partial charge < -0.3 is 14.4 Å². The van der Waals surface area contributed by atoms with Crippen LogP contribution in [0.25, 0.3) is 69.9 Å². The molecular weight excluding hydrogens is 795 g/mol. The van der Waals surface area contributed by atoms with Crippen molar-refractivity contribution in [1.29, 1.82) is 0 Å². The molecular formula is C60H41N3S. The number of aromatic nitrogens is 1. The van der Waals surface area contributed by atoms with E-state index in [-0.39, 0.29) is 0 Å². The number of fused-ring (bicyclic) bond motifs is 6. The van der Waals surface area contributed by atoms with Crippen LogP contribution >= 0.6 is 11.3 Å². The van der Waals surface area contributed by atoms with Gasteiger partial charge in [0.15, 0.2) is 0 Å². The Morgan fingerprint density at radius 3 is 1.38 bits per heavy atom. The SMILES string of the molecule is c1ccc(-c2ccc(-n3c4ccccc4c4ccc(-c5ccc6c(c5)sc5cc(N(c7ccccc7)c7ccccc7)cc(N(c7ccccc7)c7ccccc7)c56)cc43)cc2)cc1. The molecule has 4 heteroatoms. The summed E-state index contributed by atoms with van der Waals surface area (Å²) in [5, 5.41) is 4.97. The summed E-state index contributed by atoms with van der Waals surface area (Å²) in [6.07, 6.45) is 0.